The van der Waals surface area contributed by atoms with E-state index in [4.69, 9.17) is 9.57 Å². The number of carbonyl (C=O) groups is 3. The molecule has 2 aliphatic heterocycles. The first-order valence-corrected chi connectivity index (χ1v) is 11.3. The number of rotatable bonds is 6. The van der Waals surface area contributed by atoms with Crippen LogP contribution >= 0.6 is 0 Å². The zero-order chi connectivity index (χ0) is 27.0. The molecule has 0 bridgehead atoms. The number of benzene rings is 2. The minimum absolute atomic E-state index is 0.0305. The third kappa shape index (κ3) is 4.94. The topological polar surface area (TPSA) is 119 Å². The quantitative estimate of drug-likeness (QED) is 0.486. The van der Waals surface area contributed by atoms with Gasteiger partial charge in [0.05, 0.1) is 11.2 Å². The highest BCUT2D eigenvalue weighted by atomic mass is 19.4. The maximum atomic E-state index is 12.6. The third-order valence-corrected chi connectivity index (χ3v) is 5.92. The maximum Gasteiger partial charge on any atom is 0.493 e. The summed E-state index contributed by atoms with van der Waals surface area (Å²) in [4.78, 5) is 49.2. The number of nitrogens with zero attached hydrogens (tertiary/aromatic N) is 3. The number of urea groups is 1. The summed E-state index contributed by atoms with van der Waals surface area (Å²) in [6.07, 6.45) is -6.56. The fourth-order valence-corrected chi connectivity index (χ4v) is 4.18. The van der Waals surface area contributed by atoms with Crippen LogP contribution in [0.2, 0.25) is 0 Å². The molecule has 1 fully saturated rings. The molecular formula is C25H19F3N4O6. The van der Waals surface area contributed by atoms with Crippen molar-refractivity contribution >= 4 is 34.5 Å². The molecule has 2 unspecified atom stereocenters. The van der Waals surface area contributed by atoms with Gasteiger partial charge in [-0.15, -0.1) is 5.06 Å². The molecule has 0 spiro atoms. The Kier molecular flexibility index (Phi) is 6.35. The van der Waals surface area contributed by atoms with E-state index in [0.29, 0.717) is 23.6 Å². The van der Waals surface area contributed by atoms with Crippen molar-refractivity contribution in [3.8, 4) is 5.75 Å². The molecule has 5 rings (SSSR count). The lowest BCUT2D eigenvalue weighted by Crippen LogP contribution is -2.47. The summed E-state index contributed by atoms with van der Waals surface area (Å²) < 4.78 is 43.7. The normalized spacial score (nSPS) is 19.3. The maximum absolute atomic E-state index is 12.6. The number of carbonyl (C=O) groups excluding carboxylic acids is 3. The number of para-hydroxylation sites is 1. The first kappa shape index (κ1) is 25.0. The van der Waals surface area contributed by atoms with Gasteiger partial charge < -0.3 is 14.4 Å². The summed E-state index contributed by atoms with van der Waals surface area (Å²) in [5.41, 5.74) is 3.71. The highest BCUT2D eigenvalue weighted by Gasteiger charge is 2.52. The summed E-state index contributed by atoms with van der Waals surface area (Å²) in [5, 5.41) is 6.73. The van der Waals surface area contributed by atoms with Crippen LogP contribution in [0, 0.1) is 6.92 Å². The molecule has 13 heteroatoms. The average Bonchev–Trinajstić information content (AvgIpc) is 3.46. The van der Waals surface area contributed by atoms with Gasteiger partial charge in [0.25, 0.3) is 5.91 Å². The van der Waals surface area contributed by atoms with E-state index in [1.807, 2.05) is 37.3 Å². The second-order valence-corrected chi connectivity index (χ2v) is 8.58. The minimum atomic E-state index is -5.36. The Morgan fingerprint density at radius 1 is 1.16 bits per heavy atom. The van der Waals surface area contributed by atoms with Crippen molar-refractivity contribution in [2.45, 2.75) is 38.3 Å². The standard InChI is InChI=1S/C25H19F3N4O6/c1-13-10-15(17-4-2-3-5-18(17)29-13)12-36-16-8-6-14(7-9-16)19-11-20(37-31-19)21-22(33)30-24(35)32(21)38-23(34)25(26,27)28/h2-10,20-21H,11-12H2,1H3,(H,30,33,35). The lowest BCUT2D eigenvalue weighted by Gasteiger charge is -2.23. The van der Waals surface area contributed by atoms with E-state index in [1.165, 1.54) is 0 Å². The molecule has 2 atom stereocenters. The van der Waals surface area contributed by atoms with Crippen LogP contribution in [-0.4, -0.2) is 52.0 Å². The number of nitrogens with one attached hydrogen (secondary N) is 1. The van der Waals surface area contributed by atoms with E-state index < -0.39 is 36.2 Å². The van der Waals surface area contributed by atoms with E-state index in [2.05, 4.69) is 15.0 Å². The average molecular weight is 528 g/mol. The zero-order valence-corrected chi connectivity index (χ0v) is 19.7. The molecule has 10 nitrogen and oxygen atoms in total. The molecular weight excluding hydrogens is 509 g/mol. The monoisotopic (exact) mass is 528 g/mol. The van der Waals surface area contributed by atoms with Crippen LogP contribution in [0.4, 0.5) is 18.0 Å². The number of amides is 3. The lowest BCUT2D eigenvalue weighted by atomic mass is 10.0. The van der Waals surface area contributed by atoms with Crippen molar-refractivity contribution in [1.29, 1.82) is 0 Å². The molecule has 1 saturated heterocycles. The fourth-order valence-electron chi connectivity index (χ4n) is 4.18. The fraction of sp³-hybridized carbons (Fsp3) is 0.240. The van der Waals surface area contributed by atoms with Gasteiger partial charge in [-0.25, -0.2) is 9.59 Å². The highest BCUT2D eigenvalue weighted by molar-refractivity contribution is 6.06. The number of oxime groups is 1. The largest absolute Gasteiger partial charge is 0.493 e. The van der Waals surface area contributed by atoms with Crippen LogP contribution in [0.25, 0.3) is 10.9 Å². The number of aryl methyl sites for hydroxylation is 1. The van der Waals surface area contributed by atoms with Crippen LogP contribution in [0.5, 0.6) is 5.75 Å². The number of halogens is 3. The minimum Gasteiger partial charge on any atom is -0.489 e. The molecule has 3 amide bonds. The Bertz CT molecular complexity index is 1460. The first-order valence-electron chi connectivity index (χ1n) is 11.3. The van der Waals surface area contributed by atoms with Crippen LogP contribution in [0.1, 0.15) is 23.2 Å². The summed E-state index contributed by atoms with van der Waals surface area (Å²) in [6.45, 7) is 2.22. The molecule has 196 valence electrons. The summed E-state index contributed by atoms with van der Waals surface area (Å²) in [5.74, 6) is -3.04. The molecule has 38 heavy (non-hydrogen) atoms. The van der Waals surface area contributed by atoms with Crippen molar-refractivity contribution in [3.05, 3.63) is 71.4 Å². The number of fused-ring (bicyclic) bond motifs is 1. The van der Waals surface area contributed by atoms with Gasteiger partial charge in [-0.1, -0.05) is 23.4 Å². The van der Waals surface area contributed by atoms with Gasteiger partial charge in [0.15, 0.2) is 12.1 Å². The Hall–Kier alpha value is -4.68. The van der Waals surface area contributed by atoms with Gasteiger partial charge in [-0.3, -0.25) is 15.1 Å². The van der Waals surface area contributed by atoms with Crippen molar-refractivity contribution in [2.75, 3.05) is 0 Å². The molecule has 2 aromatic carbocycles. The van der Waals surface area contributed by atoms with Gasteiger partial charge in [0, 0.05) is 23.1 Å². The molecule has 1 aromatic heterocycles. The van der Waals surface area contributed by atoms with Gasteiger partial charge in [-0.05, 0) is 48.9 Å². The number of hydrogen-bond donors (Lipinski definition) is 1. The Morgan fingerprint density at radius 3 is 2.63 bits per heavy atom. The van der Waals surface area contributed by atoms with E-state index >= 15 is 0 Å². The zero-order valence-electron chi connectivity index (χ0n) is 19.7. The van der Waals surface area contributed by atoms with Crippen molar-refractivity contribution < 1.29 is 42.0 Å². The van der Waals surface area contributed by atoms with Gasteiger partial charge >= 0.3 is 18.2 Å². The van der Waals surface area contributed by atoms with Gasteiger partial charge in [0.2, 0.25) is 0 Å². The van der Waals surface area contributed by atoms with Crippen molar-refractivity contribution in [3.63, 3.8) is 0 Å². The molecule has 2 aliphatic rings. The van der Waals surface area contributed by atoms with Crippen LogP contribution < -0.4 is 10.1 Å². The van der Waals surface area contributed by atoms with Crippen LogP contribution in [-0.2, 0) is 25.9 Å². The first-order chi connectivity index (χ1) is 18.1. The van der Waals surface area contributed by atoms with E-state index in [1.54, 1.807) is 29.6 Å². The van der Waals surface area contributed by atoms with Crippen molar-refractivity contribution in [1.82, 2.24) is 15.4 Å². The van der Waals surface area contributed by atoms with E-state index in [0.717, 1.165) is 22.2 Å². The Morgan fingerprint density at radius 2 is 1.89 bits per heavy atom. The highest BCUT2D eigenvalue weighted by Crippen LogP contribution is 2.28. The predicted molar refractivity (Wildman–Crippen MR) is 125 cm³/mol. The molecule has 1 N–H and O–H groups in total. The Labute approximate surface area is 212 Å². The van der Waals surface area contributed by atoms with Gasteiger partial charge in [0.1, 0.15) is 12.4 Å². The van der Waals surface area contributed by atoms with E-state index in [9.17, 15) is 27.6 Å². The third-order valence-electron chi connectivity index (χ3n) is 5.92. The van der Waals surface area contributed by atoms with Crippen LogP contribution in [0.15, 0.2) is 59.8 Å². The number of pyridine rings is 1. The molecule has 3 aromatic rings. The SMILES string of the molecule is Cc1cc(COc2ccc(C3=NOC(C4C(=O)NC(=O)N4OC(=O)C(F)(F)F)C3)cc2)c2ccccc2n1. The second kappa shape index (κ2) is 9.65. The number of aromatic nitrogens is 1. The molecule has 3 heterocycles. The summed E-state index contributed by atoms with van der Waals surface area (Å²) in [7, 11) is 0. The van der Waals surface area contributed by atoms with Crippen molar-refractivity contribution in [2.24, 2.45) is 5.16 Å². The van der Waals surface area contributed by atoms with E-state index in [-0.39, 0.29) is 11.5 Å². The summed E-state index contributed by atoms with van der Waals surface area (Å²) >= 11 is 0. The number of hydroxylamine groups is 2. The number of imide groups is 1. The Balaban J connectivity index is 1.24. The number of ether oxygens (including phenoxy) is 1. The van der Waals surface area contributed by atoms with Crippen LogP contribution in [0.3, 0.4) is 0 Å². The molecule has 0 aliphatic carbocycles. The second-order valence-electron chi connectivity index (χ2n) is 8.58. The number of hydrogen-bond acceptors (Lipinski definition) is 8. The molecule has 0 saturated carbocycles. The number of alkyl halides is 3. The predicted octanol–water partition coefficient (Wildman–Crippen LogP) is 3.56. The smallest absolute Gasteiger partial charge is 0.489 e. The van der Waals surface area contributed by atoms with Gasteiger partial charge in [-0.2, -0.15) is 13.2 Å². The lowest BCUT2D eigenvalue weighted by molar-refractivity contribution is -0.234. The molecule has 0 radical (unpaired) electrons. The summed E-state index contributed by atoms with van der Waals surface area (Å²) in [6, 6.07) is 13.6.